The third-order valence-corrected chi connectivity index (χ3v) is 5.56. The summed E-state index contributed by atoms with van der Waals surface area (Å²) < 4.78 is 16.0. The Labute approximate surface area is 100 Å². The van der Waals surface area contributed by atoms with Gasteiger partial charge in [-0.05, 0) is 19.3 Å². The number of hydrogen-bond donors (Lipinski definition) is 0. The van der Waals surface area contributed by atoms with Gasteiger partial charge in [-0.25, -0.2) is 0 Å². The highest BCUT2D eigenvalue weighted by molar-refractivity contribution is 6.60. The first-order valence-electron chi connectivity index (χ1n) is 5.85. The maximum atomic E-state index is 5.34. The Morgan fingerprint density at radius 1 is 1.00 bits per heavy atom. The van der Waals surface area contributed by atoms with Crippen LogP contribution < -0.4 is 0 Å². The number of hydrogen-bond acceptors (Lipinski definition) is 4. The molecule has 0 atom stereocenters. The van der Waals surface area contributed by atoms with Crippen molar-refractivity contribution in [2.45, 2.75) is 39.2 Å². The van der Waals surface area contributed by atoms with Gasteiger partial charge in [-0.3, -0.25) is 4.99 Å². The zero-order valence-corrected chi connectivity index (χ0v) is 12.2. The van der Waals surface area contributed by atoms with Crippen LogP contribution in [-0.2, 0) is 13.3 Å². The van der Waals surface area contributed by atoms with Gasteiger partial charge in [0, 0.05) is 39.6 Å². The SMILES string of the molecule is CCC(CC)=NCCC[Si](OC)(OC)OC. The Hall–Kier alpha value is -0.233. The van der Waals surface area contributed by atoms with Crippen LogP contribution in [0.15, 0.2) is 4.99 Å². The number of rotatable bonds is 9. The second-order valence-electron chi connectivity index (χ2n) is 3.55. The lowest BCUT2D eigenvalue weighted by atomic mass is 10.2. The number of nitrogens with zero attached hydrogens (tertiary/aromatic N) is 1. The standard InChI is InChI=1S/C11H25NO3Si/c1-6-11(7-2)12-9-8-10-16(13-3,14-4)15-5/h6-10H2,1-5H3. The van der Waals surface area contributed by atoms with E-state index in [1.54, 1.807) is 21.3 Å². The highest BCUT2D eigenvalue weighted by atomic mass is 28.4. The minimum atomic E-state index is -2.38. The average molecular weight is 247 g/mol. The lowest BCUT2D eigenvalue weighted by Crippen LogP contribution is -2.42. The fraction of sp³-hybridized carbons (Fsp3) is 0.909. The van der Waals surface area contributed by atoms with E-state index in [2.05, 4.69) is 18.8 Å². The van der Waals surface area contributed by atoms with Crippen molar-refractivity contribution in [1.29, 1.82) is 0 Å². The first-order valence-corrected chi connectivity index (χ1v) is 7.78. The first kappa shape index (κ1) is 15.8. The zero-order chi connectivity index (χ0) is 12.4. The molecule has 0 rings (SSSR count). The third kappa shape index (κ3) is 5.20. The van der Waals surface area contributed by atoms with Crippen molar-refractivity contribution in [3.05, 3.63) is 0 Å². The fourth-order valence-corrected chi connectivity index (χ4v) is 3.27. The molecule has 16 heavy (non-hydrogen) atoms. The predicted octanol–water partition coefficient (Wildman–Crippen LogP) is 2.52. The summed E-state index contributed by atoms with van der Waals surface area (Å²) in [5.74, 6) is 0. The molecule has 0 heterocycles. The summed E-state index contributed by atoms with van der Waals surface area (Å²) in [7, 11) is 2.56. The van der Waals surface area contributed by atoms with Crippen LogP contribution in [0.4, 0.5) is 0 Å². The molecule has 0 saturated carbocycles. The van der Waals surface area contributed by atoms with E-state index in [1.165, 1.54) is 5.71 Å². The fourth-order valence-electron chi connectivity index (χ4n) is 1.56. The molecule has 0 radical (unpaired) electrons. The molecule has 0 spiro atoms. The summed E-state index contributed by atoms with van der Waals surface area (Å²) in [6, 6.07) is 0.820. The third-order valence-electron chi connectivity index (χ3n) is 2.73. The zero-order valence-electron chi connectivity index (χ0n) is 11.2. The summed E-state index contributed by atoms with van der Waals surface area (Å²) >= 11 is 0. The molecule has 0 bridgehead atoms. The minimum absolute atomic E-state index is 0.820. The van der Waals surface area contributed by atoms with Crippen molar-refractivity contribution >= 4 is 14.5 Å². The van der Waals surface area contributed by atoms with Crippen molar-refractivity contribution in [3.8, 4) is 0 Å². The van der Waals surface area contributed by atoms with Crippen molar-refractivity contribution in [3.63, 3.8) is 0 Å². The van der Waals surface area contributed by atoms with Crippen LogP contribution in [0.25, 0.3) is 0 Å². The van der Waals surface area contributed by atoms with E-state index >= 15 is 0 Å². The maximum Gasteiger partial charge on any atom is 0.500 e. The van der Waals surface area contributed by atoms with Gasteiger partial charge in [-0.1, -0.05) is 13.8 Å². The van der Waals surface area contributed by atoms with Gasteiger partial charge in [0.15, 0.2) is 0 Å². The Morgan fingerprint density at radius 2 is 1.50 bits per heavy atom. The topological polar surface area (TPSA) is 40.0 Å². The highest BCUT2D eigenvalue weighted by Crippen LogP contribution is 2.14. The quantitative estimate of drug-likeness (QED) is 0.357. The van der Waals surface area contributed by atoms with E-state index in [0.717, 1.165) is 31.9 Å². The van der Waals surface area contributed by atoms with E-state index in [0.29, 0.717) is 0 Å². The molecule has 0 aliphatic heterocycles. The Bertz CT molecular complexity index is 191. The molecule has 0 aliphatic rings. The largest absolute Gasteiger partial charge is 0.500 e. The van der Waals surface area contributed by atoms with Gasteiger partial charge in [-0.15, -0.1) is 0 Å². The van der Waals surface area contributed by atoms with Crippen LogP contribution in [0, 0.1) is 0 Å². The lowest BCUT2D eigenvalue weighted by molar-refractivity contribution is 0.123. The van der Waals surface area contributed by atoms with Gasteiger partial charge in [0.1, 0.15) is 0 Å². The van der Waals surface area contributed by atoms with Crippen LogP contribution in [0.2, 0.25) is 6.04 Å². The summed E-state index contributed by atoms with van der Waals surface area (Å²) in [6.45, 7) is 5.11. The van der Waals surface area contributed by atoms with Crippen LogP contribution in [0.3, 0.4) is 0 Å². The van der Waals surface area contributed by atoms with Gasteiger partial charge < -0.3 is 13.3 Å². The Morgan fingerprint density at radius 3 is 1.88 bits per heavy atom. The van der Waals surface area contributed by atoms with Crippen molar-refractivity contribution in [2.75, 3.05) is 27.9 Å². The van der Waals surface area contributed by atoms with Crippen LogP contribution in [0.5, 0.6) is 0 Å². The van der Waals surface area contributed by atoms with Gasteiger partial charge in [-0.2, -0.15) is 0 Å². The first-order chi connectivity index (χ1) is 7.67. The molecule has 96 valence electrons. The molecule has 0 aromatic carbocycles. The van der Waals surface area contributed by atoms with Crippen LogP contribution in [0.1, 0.15) is 33.1 Å². The van der Waals surface area contributed by atoms with E-state index in [-0.39, 0.29) is 0 Å². The predicted molar refractivity (Wildman–Crippen MR) is 69.1 cm³/mol. The molecule has 0 saturated heterocycles. The second kappa shape index (κ2) is 8.87. The molecule has 0 amide bonds. The van der Waals surface area contributed by atoms with Crippen molar-refractivity contribution in [1.82, 2.24) is 0 Å². The summed E-state index contributed by atoms with van der Waals surface area (Å²) in [6.07, 6.45) is 3.03. The molecule has 4 nitrogen and oxygen atoms in total. The van der Waals surface area contributed by atoms with E-state index < -0.39 is 8.80 Å². The van der Waals surface area contributed by atoms with Gasteiger partial charge >= 0.3 is 8.80 Å². The molecular weight excluding hydrogens is 222 g/mol. The van der Waals surface area contributed by atoms with Crippen molar-refractivity contribution in [2.24, 2.45) is 4.99 Å². The van der Waals surface area contributed by atoms with E-state index in [9.17, 15) is 0 Å². The second-order valence-corrected chi connectivity index (χ2v) is 6.64. The van der Waals surface area contributed by atoms with Gasteiger partial charge in [0.05, 0.1) is 0 Å². The van der Waals surface area contributed by atoms with Gasteiger partial charge in [0.25, 0.3) is 0 Å². The molecular formula is C11H25NO3Si. The van der Waals surface area contributed by atoms with E-state index in [1.807, 2.05) is 0 Å². The van der Waals surface area contributed by atoms with Gasteiger partial charge in [0.2, 0.25) is 0 Å². The summed E-state index contributed by atoms with van der Waals surface area (Å²) in [5.41, 5.74) is 1.28. The lowest BCUT2D eigenvalue weighted by Gasteiger charge is -2.23. The maximum absolute atomic E-state index is 5.34. The minimum Gasteiger partial charge on any atom is -0.377 e. The Balaban J connectivity index is 4.00. The Kier molecular flexibility index (Phi) is 8.74. The van der Waals surface area contributed by atoms with E-state index in [4.69, 9.17) is 13.3 Å². The van der Waals surface area contributed by atoms with Crippen LogP contribution in [-0.4, -0.2) is 42.4 Å². The normalized spacial score (nSPS) is 11.6. The van der Waals surface area contributed by atoms with Crippen LogP contribution >= 0.6 is 0 Å². The highest BCUT2D eigenvalue weighted by Gasteiger charge is 2.36. The van der Waals surface area contributed by atoms with Crippen molar-refractivity contribution < 1.29 is 13.3 Å². The molecule has 0 aromatic heterocycles. The summed E-state index contributed by atoms with van der Waals surface area (Å²) in [4.78, 5) is 4.54. The molecule has 0 aromatic rings. The molecule has 5 heteroatoms. The monoisotopic (exact) mass is 247 g/mol. The molecule has 0 unspecified atom stereocenters. The molecule has 0 aliphatic carbocycles. The molecule has 0 fully saturated rings. The summed E-state index contributed by atoms with van der Waals surface area (Å²) in [5, 5.41) is 0. The smallest absolute Gasteiger partial charge is 0.377 e. The molecule has 0 N–H and O–H groups in total. The average Bonchev–Trinajstić information content (AvgIpc) is 2.35. The number of aliphatic imine (C=N–C) groups is 1.